The zero-order valence-electron chi connectivity index (χ0n) is 9.36. The molecule has 0 atom stereocenters. The fourth-order valence-electron chi connectivity index (χ4n) is 1.07. The van der Waals surface area contributed by atoms with Gasteiger partial charge in [0.15, 0.2) is 0 Å². The quantitative estimate of drug-likeness (QED) is 0.660. The van der Waals surface area contributed by atoms with Gasteiger partial charge < -0.3 is 0 Å². The molecule has 0 heterocycles. The predicted octanol–water partition coefficient (Wildman–Crippen LogP) is 4.08. The van der Waals surface area contributed by atoms with Gasteiger partial charge in [-0.05, 0) is 24.3 Å². The number of rotatable bonds is 0. The molecule has 0 aromatic heterocycles. The van der Waals surface area contributed by atoms with Crippen LogP contribution in [0.4, 0.5) is 0 Å². The van der Waals surface area contributed by atoms with E-state index in [1.54, 1.807) is 12.1 Å². The average molecular weight is 348 g/mol. The van der Waals surface area contributed by atoms with Crippen LogP contribution in [0, 0.1) is 17.4 Å². The maximum Gasteiger partial charge on any atom is 0.426 e. The molecule has 0 aliphatic rings. The Morgan fingerprint density at radius 3 is 1.61 bits per heavy atom. The summed E-state index contributed by atoms with van der Waals surface area (Å²) in [6.07, 6.45) is 0. The van der Waals surface area contributed by atoms with Gasteiger partial charge in [0.25, 0.3) is 0 Å². The smallest absolute Gasteiger partial charge is 0.192 e. The number of benzene rings is 2. The Balaban J connectivity index is 0.000000306. The Labute approximate surface area is 125 Å². The van der Waals surface area contributed by atoms with E-state index >= 15 is 0 Å². The van der Waals surface area contributed by atoms with E-state index in [9.17, 15) is 0 Å². The maximum atomic E-state index is 8.29. The van der Waals surface area contributed by atoms with E-state index in [1.165, 1.54) is 0 Å². The second kappa shape index (κ2) is 10.5. The monoisotopic (exact) mass is 347 g/mol. The molecule has 0 aliphatic heterocycles. The Hall–Kier alpha value is -1.63. The third kappa shape index (κ3) is 6.85. The largest absolute Gasteiger partial charge is 0.426 e. The second-order valence-corrected chi connectivity index (χ2v) is 3.21. The Bertz CT molecular complexity index is 539. The van der Waals surface area contributed by atoms with Gasteiger partial charge in [-0.25, -0.2) is 0 Å². The molecule has 0 aliphatic carbocycles. The molecule has 2 nitrogen and oxygen atoms in total. The summed E-state index contributed by atoms with van der Waals surface area (Å²) in [5, 5.41) is 8.29. The van der Waals surface area contributed by atoms with Gasteiger partial charge >= 0.3 is 17.8 Å². The molecule has 0 saturated carbocycles. The van der Waals surface area contributed by atoms with Crippen LogP contribution in [-0.2, 0) is 20.4 Å². The fraction of sp³-hybridized carbons (Fsp3) is 0. The molecule has 0 N–H and O–H groups in total. The number of hydrogen-bond donors (Lipinski definition) is 0. The summed E-state index contributed by atoms with van der Waals surface area (Å²) < 4.78 is 3.23. The molecule has 2 aromatic carbocycles. The van der Waals surface area contributed by atoms with E-state index in [2.05, 4.69) is 10.4 Å². The third-order valence-corrected chi connectivity index (χ3v) is 1.93. The van der Waals surface area contributed by atoms with E-state index in [4.69, 9.17) is 17.0 Å². The summed E-state index contributed by atoms with van der Waals surface area (Å²) in [5.74, 6) is 0. The van der Waals surface area contributed by atoms with Crippen molar-refractivity contribution in [2.75, 3.05) is 0 Å². The summed E-state index contributed by atoms with van der Waals surface area (Å²) in [5.41, 5.74) is 1.61. The van der Waals surface area contributed by atoms with Crippen molar-refractivity contribution < 1.29 is 20.4 Å². The zero-order valence-corrected chi connectivity index (χ0v) is 11.7. The Morgan fingerprint density at radius 2 is 1.28 bits per heavy atom. The van der Waals surface area contributed by atoms with Gasteiger partial charge in [-0.3, -0.25) is 0 Å². The van der Waals surface area contributed by atoms with Crippen LogP contribution >= 0.6 is 11.8 Å². The maximum absolute atomic E-state index is 8.29. The molecular formula is C14H10ClN2Pd+. The number of nitrogens with zero attached hydrogens (tertiary/aromatic N) is 2. The van der Waals surface area contributed by atoms with Crippen LogP contribution in [0.5, 0.6) is 0 Å². The first-order valence-corrected chi connectivity index (χ1v) is 5.28. The SMILES string of the molecule is Cl[N+]#Cc1ccccc1.N#Cc1ccccc1.[Pd]. The van der Waals surface area contributed by atoms with Crippen LogP contribution in [0.1, 0.15) is 11.1 Å². The Morgan fingerprint density at radius 1 is 0.833 bits per heavy atom. The first kappa shape index (κ1) is 16.4. The van der Waals surface area contributed by atoms with E-state index in [-0.39, 0.29) is 20.4 Å². The minimum Gasteiger partial charge on any atom is -0.192 e. The fourth-order valence-corrected chi connectivity index (χ4v) is 1.17. The number of hydrogen-bond acceptors (Lipinski definition) is 1. The summed E-state index contributed by atoms with van der Waals surface area (Å²) in [4.78, 5) is 0. The van der Waals surface area contributed by atoms with Crippen LogP contribution in [-0.4, -0.2) is 0 Å². The molecule has 0 saturated heterocycles. The molecule has 4 heteroatoms. The zero-order chi connectivity index (χ0) is 12.3. The normalized spacial score (nSPS) is 7.33. The van der Waals surface area contributed by atoms with Crippen molar-refractivity contribution in [3.05, 3.63) is 76.2 Å². The van der Waals surface area contributed by atoms with E-state index in [0.717, 1.165) is 5.56 Å². The molecule has 0 radical (unpaired) electrons. The van der Waals surface area contributed by atoms with Crippen molar-refractivity contribution in [1.29, 1.82) is 5.26 Å². The van der Waals surface area contributed by atoms with Crippen molar-refractivity contribution >= 4 is 11.8 Å². The van der Waals surface area contributed by atoms with Crippen LogP contribution in [0.3, 0.4) is 0 Å². The van der Waals surface area contributed by atoms with Crippen LogP contribution < -0.4 is 0 Å². The van der Waals surface area contributed by atoms with Gasteiger partial charge in [0, 0.05) is 20.4 Å². The van der Waals surface area contributed by atoms with Crippen molar-refractivity contribution in [3.63, 3.8) is 0 Å². The molecular weight excluding hydrogens is 338 g/mol. The van der Waals surface area contributed by atoms with Crippen molar-refractivity contribution in [2.24, 2.45) is 0 Å². The van der Waals surface area contributed by atoms with E-state index in [1.807, 2.05) is 54.6 Å². The van der Waals surface area contributed by atoms with Gasteiger partial charge in [-0.2, -0.15) is 5.26 Å². The van der Waals surface area contributed by atoms with Gasteiger partial charge in [0.2, 0.25) is 0 Å². The summed E-state index contributed by atoms with van der Waals surface area (Å²) >= 11 is 5.05. The van der Waals surface area contributed by atoms with Gasteiger partial charge in [0.05, 0.1) is 16.0 Å². The molecule has 0 amide bonds. The standard InChI is InChI=1S/C7H5ClN.C7H5N.Pd/c8-9-6-7-4-2-1-3-5-7;8-6-7-4-2-1-3-5-7;/h1-5H;1-5H;/q+1;;. The summed E-state index contributed by atoms with van der Waals surface area (Å²) in [6.45, 7) is 0. The minimum absolute atomic E-state index is 0. The number of halogens is 1. The van der Waals surface area contributed by atoms with E-state index in [0.29, 0.717) is 5.56 Å². The first-order chi connectivity index (χ1) is 8.36. The van der Waals surface area contributed by atoms with Crippen molar-refractivity contribution in [3.8, 4) is 12.1 Å². The molecule has 0 unspecified atom stereocenters. The van der Waals surface area contributed by atoms with Crippen LogP contribution in [0.2, 0.25) is 0 Å². The average Bonchev–Trinajstić information content (AvgIpc) is 2.42. The van der Waals surface area contributed by atoms with Crippen molar-refractivity contribution in [1.82, 2.24) is 0 Å². The predicted molar refractivity (Wildman–Crippen MR) is 69.8 cm³/mol. The summed E-state index contributed by atoms with van der Waals surface area (Å²) in [6, 6.07) is 23.3. The number of nitriles is 1. The molecule has 0 fully saturated rings. The molecule has 2 aromatic rings. The first-order valence-electron chi connectivity index (χ1n) is 4.94. The molecule has 0 spiro atoms. The molecule has 0 bridgehead atoms. The van der Waals surface area contributed by atoms with Gasteiger partial charge in [-0.15, -0.1) is 0 Å². The van der Waals surface area contributed by atoms with Crippen molar-refractivity contribution in [2.45, 2.75) is 0 Å². The minimum atomic E-state index is 0. The molecule has 92 valence electrons. The molecule has 18 heavy (non-hydrogen) atoms. The van der Waals surface area contributed by atoms with Gasteiger partial charge in [0.1, 0.15) is 5.56 Å². The van der Waals surface area contributed by atoms with Crippen LogP contribution in [0.25, 0.3) is 4.36 Å². The topological polar surface area (TPSA) is 28.1 Å². The van der Waals surface area contributed by atoms with Crippen LogP contribution in [0.15, 0.2) is 60.7 Å². The Kier molecular flexibility index (Phi) is 9.57. The summed E-state index contributed by atoms with van der Waals surface area (Å²) in [7, 11) is 0. The second-order valence-electron chi connectivity index (χ2n) is 3.04. The molecule has 2 rings (SSSR count). The van der Waals surface area contributed by atoms with Gasteiger partial charge in [-0.1, -0.05) is 36.4 Å². The third-order valence-electron chi connectivity index (χ3n) is 1.85. The van der Waals surface area contributed by atoms with E-state index < -0.39 is 0 Å².